The zero-order chi connectivity index (χ0) is 12.3. The maximum atomic E-state index is 13.1. The van der Waals surface area contributed by atoms with Gasteiger partial charge >= 0.3 is 0 Å². The minimum Gasteiger partial charge on any atom is -0.397 e. The minimum atomic E-state index is -1.28. The van der Waals surface area contributed by atoms with Gasteiger partial charge in [0.05, 0.1) is 16.8 Å². The number of nitrogen functional groups attached to an aromatic ring is 1. The van der Waals surface area contributed by atoms with Crippen LogP contribution in [0.15, 0.2) is 12.1 Å². The van der Waals surface area contributed by atoms with Gasteiger partial charge in [-0.25, -0.2) is 4.39 Å². The van der Waals surface area contributed by atoms with Gasteiger partial charge in [-0.2, -0.15) is 0 Å². The molecule has 6 heteroatoms. The Balaban J connectivity index is 3.03. The number of benzene rings is 1. The molecule has 16 heavy (non-hydrogen) atoms. The Morgan fingerprint density at radius 1 is 1.50 bits per heavy atom. The molecule has 2 unspecified atom stereocenters. The second-order valence-electron chi connectivity index (χ2n) is 3.46. The average molecular weight is 249 g/mol. The van der Waals surface area contributed by atoms with Gasteiger partial charge in [-0.15, -0.1) is 0 Å². The van der Waals surface area contributed by atoms with Crippen LogP contribution < -0.4 is 11.1 Å². The van der Waals surface area contributed by atoms with Crippen molar-refractivity contribution in [1.82, 2.24) is 5.32 Å². The molecule has 0 aliphatic heterocycles. The quantitative estimate of drug-likeness (QED) is 0.591. The number of nitrogens with two attached hydrogens (primary N) is 1. The van der Waals surface area contributed by atoms with Crippen LogP contribution in [0.25, 0.3) is 0 Å². The molecule has 1 aromatic carbocycles. The van der Waals surface area contributed by atoms with E-state index >= 15 is 0 Å². The van der Waals surface area contributed by atoms with E-state index in [9.17, 15) is 14.6 Å². The Morgan fingerprint density at radius 2 is 2.12 bits per heavy atom. The van der Waals surface area contributed by atoms with Crippen molar-refractivity contribution < 1.29 is 14.6 Å². The van der Waals surface area contributed by atoms with Gasteiger partial charge in [-0.3, -0.25) is 0 Å². The third kappa shape index (κ3) is 2.82. The lowest BCUT2D eigenvalue weighted by Gasteiger charge is -2.19. The highest BCUT2D eigenvalue weighted by molar-refractivity contribution is 6.33. The lowest BCUT2D eigenvalue weighted by atomic mass is 10.0. The monoisotopic (exact) mass is 248 g/mol. The summed E-state index contributed by atoms with van der Waals surface area (Å²) in [5, 5.41) is 22.0. The molecule has 0 bridgehead atoms. The van der Waals surface area contributed by atoms with Crippen molar-refractivity contribution in [3.63, 3.8) is 0 Å². The average Bonchev–Trinajstić information content (AvgIpc) is 2.22. The number of aliphatic hydroxyl groups is 2. The third-order valence-electron chi connectivity index (χ3n) is 2.22. The molecule has 0 saturated carbocycles. The predicted molar refractivity (Wildman–Crippen MR) is 60.7 cm³/mol. The van der Waals surface area contributed by atoms with Gasteiger partial charge in [0, 0.05) is 12.1 Å². The molecular formula is C10H14ClFN2O2. The number of anilines is 1. The van der Waals surface area contributed by atoms with E-state index < -0.39 is 18.0 Å². The number of rotatable bonds is 4. The number of nitrogens with one attached hydrogen (secondary N) is 1. The fraction of sp³-hybridized carbons (Fsp3) is 0.400. The summed E-state index contributed by atoms with van der Waals surface area (Å²) in [5.41, 5.74) is 5.76. The van der Waals surface area contributed by atoms with Crippen molar-refractivity contribution in [3.8, 4) is 0 Å². The molecule has 1 aromatic rings. The van der Waals surface area contributed by atoms with Gasteiger partial charge in [-0.05, 0) is 19.2 Å². The van der Waals surface area contributed by atoms with E-state index in [4.69, 9.17) is 17.3 Å². The number of hydrogen-bond acceptors (Lipinski definition) is 4. The van der Waals surface area contributed by atoms with Crippen molar-refractivity contribution in [2.24, 2.45) is 0 Å². The van der Waals surface area contributed by atoms with E-state index in [1.165, 1.54) is 0 Å². The molecule has 0 fully saturated rings. The van der Waals surface area contributed by atoms with Crippen LogP contribution in [0.2, 0.25) is 5.02 Å². The summed E-state index contributed by atoms with van der Waals surface area (Å²) >= 11 is 5.67. The lowest BCUT2D eigenvalue weighted by Crippen LogP contribution is -2.30. The smallest absolute Gasteiger partial charge is 0.125 e. The highest BCUT2D eigenvalue weighted by Crippen LogP contribution is 2.30. The van der Waals surface area contributed by atoms with Crippen molar-refractivity contribution >= 4 is 17.3 Å². The van der Waals surface area contributed by atoms with Crippen LogP contribution in [0.4, 0.5) is 10.1 Å². The molecule has 1 rings (SSSR count). The standard InChI is InChI=1S/C10H14ClFN2O2/c1-14-4-8(15)10(16)6-2-5(12)3-7(11)9(6)13/h2-3,8,10,14-16H,4,13H2,1H3. The molecule has 0 aliphatic carbocycles. The third-order valence-corrected chi connectivity index (χ3v) is 2.54. The van der Waals surface area contributed by atoms with Gasteiger partial charge in [-0.1, -0.05) is 11.6 Å². The molecular weight excluding hydrogens is 235 g/mol. The topological polar surface area (TPSA) is 78.5 Å². The maximum Gasteiger partial charge on any atom is 0.125 e. The Hall–Kier alpha value is -0.880. The highest BCUT2D eigenvalue weighted by Gasteiger charge is 2.21. The van der Waals surface area contributed by atoms with Crippen LogP contribution in [-0.2, 0) is 0 Å². The number of halogens is 2. The summed E-state index contributed by atoms with van der Waals surface area (Å²) in [6, 6.07) is 2.11. The van der Waals surface area contributed by atoms with E-state index in [2.05, 4.69) is 5.32 Å². The Labute approximate surface area is 97.8 Å². The van der Waals surface area contributed by atoms with E-state index in [0.717, 1.165) is 12.1 Å². The molecule has 0 aliphatic rings. The summed E-state index contributed by atoms with van der Waals surface area (Å²) < 4.78 is 13.1. The molecule has 2 atom stereocenters. The van der Waals surface area contributed by atoms with Crippen LogP contribution >= 0.6 is 11.6 Å². The predicted octanol–water partition coefficient (Wildman–Crippen LogP) is 0.675. The fourth-order valence-corrected chi connectivity index (χ4v) is 1.59. The number of likely N-dealkylation sites (N-methyl/N-ethyl adjacent to an activating group) is 1. The second-order valence-corrected chi connectivity index (χ2v) is 3.87. The molecule has 0 amide bonds. The van der Waals surface area contributed by atoms with Crippen molar-refractivity contribution in [1.29, 1.82) is 0 Å². The van der Waals surface area contributed by atoms with Gasteiger partial charge < -0.3 is 21.3 Å². The molecule has 0 saturated heterocycles. The van der Waals surface area contributed by atoms with E-state index in [-0.39, 0.29) is 22.8 Å². The first-order chi connectivity index (χ1) is 7.47. The van der Waals surface area contributed by atoms with E-state index in [1.807, 2.05) is 0 Å². The molecule has 90 valence electrons. The van der Waals surface area contributed by atoms with E-state index in [1.54, 1.807) is 7.05 Å². The molecule has 0 spiro atoms. The van der Waals surface area contributed by atoms with Gasteiger partial charge in [0.15, 0.2) is 0 Å². The number of hydrogen-bond donors (Lipinski definition) is 4. The van der Waals surface area contributed by atoms with Gasteiger partial charge in [0.25, 0.3) is 0 Å². The molecule has 0 heterocycles. The zero-order valence-electron chi connectivity index (χ0n) is 8.74. The van der Waals surface area contributed by atoms with Crippen molar-refractivity contribution in [3.05, 3.63) is 28.5 Å². The second kappa shape index (κ2) is 5.45. The SMILES string of the molecule is CNCC(O)C(O)c1cc(F)cc(Cl)c1N. The normalized spacial score (nSPS) is 14.8. The molecule has 4 nitrogen and oxygen atoms in total. The van der Waals surface area contributed by atoms with Gasteiger partial charge in [0.1, 0.15) is 11.9 Å². The minimum absolute atomic E-state index is 0.0192. The fourth-order valence-electron chi connectivity index (χ4n) is 1.38. The Bertz CT molecular complexity index is 376. The molecule has 0 aromatic heterocycles. The van der Waals surface area contributed by atoms with Crippen LogP contribution in [0.3, 0.4) is 0 Å². The number of aliphatic hydroxyl groups excluding tert-OH is 2. The first kappa shape index (κ1) is 13.2. The lowest BCUT2D eigenvalue weighted by molar-refractivity contribution is 0.0205. The first-order valence-electron chi connectivity index (χ1n) is 4.72. The van der Waals surface area contributed by atoms with Gasteiger partial charge in [0.2, 0.25) is 0 Å². The van der Waals surface area contributed by atoms with E-state index in [0.29, 0.717) is 0 Å². The summed E-state index contributed by atoms with van der Waals surface area (Å²) in [6.45, 7) is 0.161. The summed E-state index contributed by atoms with van der Waals surface area (Å²) in [6.07, 6.45) is -2.36. The van der Waals surface area contributed by atoms with Crippen LogP contribution in [0.1, 0.15) is 11.7 Å². The van der Waals surface area contributed by atoms with Crippen LogP contribution in [0.5, 0.6) is 0 Å². The highest BCUT2D eigenvalue weighted by atomic mass is 35.5. The Morgan fingerprint density at radius 3 is 2.69 bits per heavy atom. The Kier molecular flexibility index (Phi) is 4.49. The molecule has 0 radical (unpaired) electrons. The summed E-state index contributed by atoms with van der Waals surface area (Å²) in [5.74, 6) is -0.607. The first-order valence-corrected chi connectivity index (χ1v) is 5.10. The zero-order valence-corrected chi connectivity index (χ0v) is 9.50. The summed E-state index contributed by atoms with van der Waals surface area (Å²) in [7, 11) is 1.62. The van der Waals surface area contributed by atoms with Crippen LogP contribution in [0, 0.1) is 5.82 Å². The van der Waals surface area contributed by atoms with Crippen LogP contribution in [-0.4, -0.2) is 29.9 Å². The molecule has 5 N–H and O–H groups in total. The largest absolute Gasteiger partial charge is 0.397 e. The summed E-state index contributed by atoms with van der Waals surface area (Å²) in [4.78, 5) is 0. The van der Waals surface area contributed by atoms with Crippen molar-refractivity contribution in [2.75, 3.05) is 19.3 Å². The van der Waals surface area contributed by atoms with Crippen molar-refractivity contribution in [2.45, 2.75) is 12.2 Å². The maximum absolute atomic E-state index is 13.1.